The molecule has 0 saturated carbocycles. The van der Waals surface area contributed by atoms with Crippen molar-refractivity contribution in [2.75, 3.05) is 13.1 Å². The molecule has 30 heavy (non-hydrogen) atoms. The highest BCUT2D eigenvalue weighted by Gasteiger charge is 2.31. The average molecular weight is 481 g/mol. The first-order valence-corrected chi connectivity index (χ1v) is 10.5. The number of carbonyl (C=O) groups excluding carboxylic acids is 2. The zero-order valence-electron chi connectivity index (χ0n) is 16.5. The summed E-state index contributed by atoms with van der Waals surface area (Å²) in [4.78, 5) is 27.2. The summed E-state index contributed by atoms with van der Waals surface area (Å²) in [5.41, 5.74) is 1.05. The first-order chi connectivity index (χ1) is 14.3. The largest absolute Gasteiger partial charge is 0.434 e. The third kappa shape index (κ3) is 5.56. The number of ether oxygens (including phenoxy) is 1. The number of halogens is 3. The summed E-state index contributed by atoms with van der Waals surface area (Å²) in [5.74, 6) is -1.05. The molecule has 2 aromatic rings. The molecule has 1 aliphatic rings. The van der Waals surface area contributed by atoms with Gasteiger partial charge in [-0.05, 0) is 49.6 Å². The second-order valence-corrected chi connectivity index (χ2v) is 8.16. The maximum absolute atomic E-state index is 12.9. The molecular formula is C22H23BrF2N2O3. The lowest BCUT2D eigenvalue weighted by Crippen LogP contribution is -2.46. The molecule has 1 N–H and O–H groups in total. The van der Waals surface area contributed by atoms with Gasteiger partial charge in [-0.1, -0.05) is 40.2 Å². The van der Waals surface area contributed by atoms with Gasteiger partial charge in [0.05, 0.1) is 17.5 Å². The van der Waals surface area contributed by atoms with E-state index in [1.54, 1.807) is 6.07 Å². The first-order valence-electron chi connectivity index (χ1n) is 9.74. The molecular weight excluding hydrogens is 458 g/mol. The number of likely N-dealkylation sites (tertiary alicyclic amines) is 1. The van der Waals surface area contributed by atoms with Gasteiger partial charge in [-0.15, -0.1) is 0 Å². The van der Waals surface area contributed by atoms with Crippen LogP contribution < -0.4 is 10.1 Å². The van der Waals surface area contributed by atoms with Crippen LogP contribution in [0.15, 0.2) is 53.0 Å². The van der Waals surface area contributed by atoms with Gasteiger partial charge in [-0.3, -0.25) is 9.59 Å². The van der Waals surface area contributed by atoms with E-state index in [-0.39, 0.29) is 35.7 Å². The zero-order valence-corrected chi connectivity index (χ0v) is 18.1. The Balaban J connectivity index is 1.65. The van der Waals surface area contributed by atoms with Crippen molar-refractivity contribution in [1.29, 1.82) is 0 Å². The lowest BCUT2D eigenvalue weighted by Gasteiger charge is -2.33. The Kier molecular flexibility index (Phi) is 7.42. The third-order valence-electron chi connectivity index (χ3n) is 5.14. The standard InChI is InChI=1S/C22H23BrF2N2O3/c1-14(15-8-10-17(23)11-9-15)26-20(28)16-5-4-12-27(13-16)21(29)18-6-2-3-7-19(18)30-22(24)25/h2-3,6-11,14,16,22H,4-5,12-13H2,1H3,(H,26,28). The summed E-state index contributed by atoms with van der Waals surface area (Å²) in [7, 11) is 0. The Labute approximate surface area is 182 Å². The lowest BCUT2D eigenvalue weighted by atomic mass is 9.95. The molecule has 2 amide bonds. The molecule has 3 rings (SSSR count). The monoisotopic (exact) mass is 480 g/mol. The fourth-order valence-corrected chi connectivity index (χ4v) is 3.82. The van der Waals surface area contributed by atoms with Crippen molar-refractivity contribution in [3.05, 3.63) is 64.1 Å². The fraction of sp³-hybridized carbons (Fsp3) is 0.364. The van der Waals surface area contributed by atoms with Gasteiger partial charge < -0.3 is 15.0 Å². The van der Waals surface area contributed by atoms with E-state index in [9.17, 15) is 18.4 Å². The predicted molar refractivity (Wildman–Crippen MR) is 112 cm³/mol. The van der Waals surface area contributed by atoms with E-state index in [2.05, 4.69) is 26.0 Å². The topological polar surface area (TPSA) is 58.6 Å². The van der Waals surface area contributed by atoms with Crippen molar-refractivity contribution >= 4 is 27.7 Å². The number of nitrogens with zero attached hydrogens (tertiary/aromatic N) is 1. The van der Waals surface area contributed by atoms with Gasteiger partial charge in [-0.2, -0.15) is 8.78 Å². The number of carbonyl (C=O) groups is 2. The van der Waals surface area contributed by atoms with Gasteiger partial charge in [0, 0.05) is 17.6 Å². The van der Waals surface area contributed by atoms with Gasteiger partial charge in [0.15, 0.2) is 0 Å². The molecule has 1 saturated heterocycles. The molecule has 1 fully saturated rings. The van der Waals surface area contributed by atoms with Crippen molar-refractivity contribution in [3.63, 3.8) is 0 Å². The van der Waals surface area contributed by atoms with Gasteiger partial charge in [0.2, 0.25) is 5.91 Å². The summed E-state index contributed by atoms with van der Waals surface area (Å²) in [6, 6.07) is 13.5. The van der Waals surface area contributed by atoms with Crippen LogP contribution in [0.1, 0.15) is 41.7 Å². The van der Waals surface area contributed by atoms with E-state index in [1.807, 2.05) is 31.2 Å². The van der Waals surface area contributed by atoms with Crippen molar-refractivity contribution in [2.24, 2.45) is 5.92 Å². The smallest absolute Gasteiger partial charge is 0.387 e. The normalized spacial score (nSPS) is 17.5. The molecule has 0 aliphatic carbocycles. The number of hydrogen-bond acceptors (Lipinski definition) is 3. The second-order valence-electron chi connectivity index (χ2n) is 7.25. The van der Waals surface area contributed by atoms with Crippen LogP contribution in [-0.2, 0) is 4.79 Å². The third-order valence-corrected chi connectivity index (χ3v) is 5.67. The Morgan fingerprint density at radius 3 is 2.57 bits per heavy atom. The Morgan fingerprint density at radius 2 is 1.87 bits per heavy atom. The van der Waals surface area contributed by atoms with Crippen LogP contribution in [0.5, 0.6) is 5.75 Å². The number of benzene rings is 2. The number of alkyl halides is 2. The molecule has 5 nitrogen and oxygen atoms in total. The molecule has 0 bridgehead atoms. The van der Waals surface area contributed by atoms with Gasteiger partial charge >= 0.3 is 6.61 Å². The molecule has 0 spiro atoms. The minimum Gasteiger partial charge on any atom is -0.434 e. The van der Waals surface area contributed by atoms with Crippen LogP contribution in [-0.4, -0.2) is 36.4 Å². The van der Waals surface area contributed by atoms with Crippen LogP contribution in [0.25, 0.3) is 0 Å². The van der Waals surface area contributed by atoms with Crippen molar-refractivity contribution in [3.8, 4) is 5.75 Å². The van der Waals surface area contributed by atoms with Crippen molar-refractivity contribution < 1.29 is 23.1 Å². The minimum atomic E-state index is -3.01. The molecule has 1 heterocycles. The first kappa shape index (κ1) is 22.2. The van der Waals surface area contributed by atoms with Gasteiger partial charge in [-0.25, -0.2) is 0 Å². The highest BCUT2D eigenvalue weighted by Crippen LogP contribution is 2.26. The second kappa shape index (κ2) is 10.0. The predicted octanol–water partition coefficient (Wildman–Crippen LogP) is 4.78. The van der Waals surface area contributed by atoms with E-state index < -0.39 is 12.5 Å². The number of rotatable bonds is 6. The number of amides is 2. The molecule has 2 unspecified atom stereocenters. The van der Waals surface area contributed by atoms with Gasteiger partial charge in [0.25, 0.3) is 5.91 Å². The lowest BCUT2D eigenvalue weighted by molar-refractivity contribution is -0.127. The Bertz CT molecular complexity index is 892. The number of piperidine rings is 1. The van der Waals surface area contributed by atoms with Gasteiger partial charge in [0.1, 0.15) is 5.75 Å². The molecule has 0 radical (unpaired) electrons. The molecule has 2 atom stereocenters. The molecule has 0 aromatic heterocycles. The number of para-hydroxylation sites is 1. The van der Waals surface area contributed by atoms with E-state index in [0.29, 0.717) is 19.4 Å². The summed E-state index contributed by atoms with van der Waals surface area (Å²) >= 11 is 3.39. The highest BCUT2D eigenvalue weighted by molar-refractivity contribution is 9.10. The van der Waals surface area contributed by atoms with Crippen molar-refractivity contribution in [1.82, 2.24) is 10.2 Å². The highest BCUT2D eigenvalue weighted by atomic mass is 79.9. The Hall–Kier alpha value is -2.48. The molecule has 2 aromatic carbocycles. The maximum Gasteiger partial charge on any atom is 0.387 e. The SMILES string of the molecule is CC(NC(=O)C1CCCN(C(=O)c2ccccc2OC(F)F)C1)c1ccc(Br)cc1. The maximum atomic E-state index is 12.9. The Morgan fingerprint density at radius 1 is 1.17 bits per heavy atom. The summed E-state index contributed by atoms with van der Waals surface area (Å²) in [6.45, 7) is -0.404. The molecule has 1 aliphatic heterocycles. The summed E-state index contributed by atoms with van der Waals surface area (Å²) in [5, 5.41) is 3.01. The fourth-order valence-electron chi connectivity index (χ4n) is 3.55. The average Bonchev–Trinajstić information content (AvgIpc) is 2.73. The summed E-state index contributed by atoms with van der Waals surface area (Å²) in [6.07, 6.45) is 1.33. The van der Waals surface area contributed by atoms with E-state index in [1.165, 1.54) is 23.1 Å². The quantitative estimate of drug-likeness (QED) is 0.646. The van der Waals surface area contributed by atoms with Crippen LogP contribution in [0.3, 0.4) is 0 Å². The number of nitrogens with one attached hydrogen (secondary N) is 1. The zero-order chi connectivity index (χ0) is 21.7. The van der Waals surface area contributed by atoms with Crippen molar-refractivity contribution in [2.45, 2.75) is 32.4 Å². The minimum absolute atomic E-state index is 0.0714. The summed E-state index contributed by atoms with van der Waals surface area (Å²) < 4.78 is 30.7. The van der Waals surface area contributed by atoms with E-state index >= 15 is 0 Å². The number of hydrogen-bond donors (Lipinski definition) is 1. The van der Waals surface area contributed by atoms with E-state index in [0.717, 1.165) is 10.0 Å². The van der Waals surface area contributed by atoms with Crippen LogP contribution in [0.2, 0.25) is 0 Å². The molecule has 8 heteroatoms. The van der Waals surface area contributed by atoms with Crippen LogP contribution in [0, 0.1) is 5.92 Å². The van der Waals surface area contributed by atoms with E-state index in [4.69, 9.17) is 0 Å². The van der Waals surface area contributed by atoms with Crippen LogP contribution >= 0.6 is 15.9 Å². The molecule has 160 valence electrons. The van der Waals surface area contributed by atoms with Crippen LogP contribution in [0.4, 0.5) is 8.78 Å².